The molecule has 4 aromatic rings. The van der Waals surface area contributed by atoms with Crippen molar-refractivity contribution in [2.75, 3.05) is 0 Å². The van der Waals surface area contributed by atoms with Gasteiger partial charge in [0.25, 0.3) is 0 Å². The minimum atomic E-state index is 1.15. The molecule has 4 aromatic carbocycles. The second-order valence-corrected chi connectivity index (χ2v) is 4.87. The number of benzene rings is 4. The summed E-state index contributed by atoms with van der Waals surface area (Å²) in [5, 5.41) is 4.79. The van der Waals surface area contributed by atoms with Crippen molar-refractivity contribution in [2.24, 2.45) is 0 Å². The molecule has 0 fully saturated rings. The second kappa shape index (κ2) is 4.50. The molecule has 0 bridgehead atoms. The van der Waals surface area contributed by atoms with Crippen LogP contribution in [0.1, 0.15) is 0 Å². The van der Waals surface area contributed by atoms with Crippen LogP contribution >= 0.6 is 0 Å². The first-order valence-corrected chi connectivity index (χ1v) is 6.73. The van der Waals surface area contributed by atoms with Gasteiger partial charge in [0.05, 0.1) is 0 Å². The summed E-state index contributed by atoms with van der Waals surface area (Å²) in [4.78, 5) is 0. The third-order valence-electron chi connectivity index (χ3n) is 3.70. The minimum Gasteiger partial charge on any atom is -0.0616 e. The zero-order valence-electron chi connectivity index (χ0n) is 10.9. The molecule has 0 N–H and O–H groups in total. The van der Waals surface area contributed by atoms with Crippen molar-refractivity contribution in [1.29, 1.82) is 0 Å². The molecule has 0 aliphatic rings. The molecule has 0 aliphatic heterocycles. The summed E-state index contributed by atoms with van der Waals surface area (Å²) >= 11 is 0. The predicted octanol–water partition coefficient (Wildman–Crippen LogP) is 5.26. The third-order valence-corrected chi connectivity index (χ3v) is 3.70. The van der Waals surface area contributed by atoms with E-state index in [4.69, 9.17) is 0 Å². The zero-order chi connectivity index (χ0) is 13.4. The molecule has 0 spiro atoms. The Balaban J connectivity index is 2.12. The number of hydrogen-bond donors (Lipinski definition) is 0. The predicted molar refractivity (Wildman–Crippen MR) is 84.6 cm³/mol. The summed E-state index contributed by atoms with van der Waals surface area (Å²) in [5.74, 6) is 0. The van der Waals surface area contributed by atoms with Crippen molar-refractivity contribution in [3.05, 3.63) is 84.9 Å². The molecule has 0 amide bonds. The molecule has 0 unspecified atom stereocenters. The van der Waals surface area contributed by atoms with Gasteiger partial charge in [-0.2, -0.15) is 0 Å². The first kappa shape index (κ1) is 11.2. The molecule has 0 atom stereocenters. The van der Waals surface area contributed by atoms with E-state index in [9.17, 15) is 0 Å². The van der Waals surface area contributed by atoms with Crippen LogP contribution in [0.2, 0.25) is 0 Å². The summed E-state index contributed by atoms with van der Waals surface area (Å²) in [6.07, 6.45) is 0. The largest absolute Gasteiger partial charge is 0.0616 e. The summed E-state index contributed by atoms with van der Waals surface area (Å²) < 4.78 is 0. The van der Waals surface area contributed by atoms with E-state index in [1.165, 1.54) is 21.9 Å². The lowest BCUT2D eigenvalue weighted by atomic mass is 9.94. The maximum atomic E-state index is 3.30. The van der Waals surface area contributed by atoms with Gasteiger partial charge in [-0.1, -0.05) is 72.8 Å². The van der Waals surface area contributed by atoms with Crippen molar-refractivity contribution < 1.29 is 0 Å². The van der Waals surface area contributed by atoms with E-state index in [1.807, 2.05) is 12.1 Å². The average molecular weight is 252 g/mol. The molecule has 0 saturated heterocycles. The van der Waals surface area contributed by atoms with Crippen LogP contribution in [0.4, 0.5) is 0 Å². The fourth-order valence-corrected chi connectivity index (χ4v) is 2.77. The van der Waals surface area contributed by atoms with E-state index in [2.05, 4.69) is 72.8 Å². The van der Waals surface area contributed by atoms with Gasteiger partial charge in [-0.05, 0) is 44.8 Å². The Morgan fingerprint density at radius 3 is 1.45 bits per heavy atom. The standard InChI is InChI=1S/C20H12/c1-3-11-17-15(7-1)9-5-13-19(17)20-14-6-10-16-8-2-4-12-18(16)20/h1-8,11-14H. The third kappa shape index (κ3) is 1.70. The lowest BCUT2D eigenvalue weighted by Crippen LogP contribution is -1.83. The van der Waals surface area contributed by atoms with Gasteiger partial charge in [0, 0.05) is 0 Å². The van der Waals surface area contributed by atoms with Gasteiger partial charge in [-0.25, -0.2) is 0 Å². The van der Waals surface area contributed by atoms with Crippen molar-refractivity contribution in [2.45, 2.75) is 0 Å². The molecule has 0 nitrogen and oxygen atoms in total. The van der Waals surface area contributed by atoms with Gasteiger partial charge in [-0.3, -0.25) is 0 Å². The molecule has 0 heteroatoms. The Morgan fingerprint density at radius 2 is 0.950 bits per heavy atom. The van der Waals surface area contributed by atoms with E-state index in [0.717, 1.165) is 10.8 Å². The molecule has 0 saturated carbocycles. The minimum absolute atomic E-state index is 1.15. The Hall–Kier alpha value is -2.60. The topological polar surface area (TPSA) is 0 Å². The molecule has 0 aliphatic carbocycles. The van der Waals surface area contributed by atoms with Crippen molar-refractivity contribution >= 4 is 21.5 Å². The lowest BCUT2D eigenvalue weighted by molar-refractivity contribution is 1.67. The molecule has 0 aromatic heterocycles. The number of rotatable bonds is 1. The van der Waals surface area contributed by atoms with Gasteiger partial charge < -0.3 is 0 Å². The van der Waals surface area contributed by atoms with Gasteiger partial charge in [0.2, 0.25) is 0 Å². The van der Waals surface area contributed by atoms with Crippen LogP contribution in [0.3, 0.4) is 0 Å². The highest BCUT2D eigenvalue weighted by Crippen LogP contribution is 2.33. The maximum Gasteiger partial charge on any atom is -0.00987 e. The van der Waals surface area contributed by atoms with E-state index < -0.39 is 0 Å². The van der Waals surface area contributed by atoms with Crippen LogP contribution in [0.5, 0.6) is 0 Å². The molecule has 4 rings (SSSR count). The molecule has 2 radical (unpaired) electrons. The lowest BCUT2D eigenvalue weighted by Gasteiger charge is -2.09. The highest BCUT2D eigenvalue weighted by molar-refractivity contribution is 6.05. The van der Waals surface area contributed by atoms with Crippen LogP contribution in [0.25, 0.3) is 32.7 Å². The van der Waals surface area contributed by atoms with Crippen LogP contribution < -0.4 is 0 Å². The van der Waals surface area contributed by atoms with Crippen LogP contribution in [0, 0.1) is 12.1 Å². The molecule has 92 valence electrons. The van der Waals surface area contributed by atoms with Gasteiger partial charge in [0.15, 0.2) is 0 Å². The maximum absolute atomic E-state index is 3.30. The molecular formula is C20H12. The van der Waals surface area contributed by atoms with E-state index in [0.29, 0.717) is 0 Å². The summed E-state index contributed by atoms with van der Waals surface area (Å²) in [7, 11) is 0. The monoisotopic (exact) mass is 252 g/mol. The highest BCUT2D eigenvalue weighted by atomic mass is 14.1. The van der Waals surface area contributed by atoms with Crippen molar-refractivity contribution in [3.8, 4) is 11.1 Å². The summed E-state index contributed by atoms with van der Waals surface area (Å²) in [6, 6.07) is 31.7. The summed E-state index contributed by atoms with van der Waals surface area (Å²) in [5.41, 5.74) is 2.51. The van der Waals surface area contributed by atoms with Crippen LogP contribution in [-0.2, 0) is 0 Å². The fourth-order valence-electron chi connectivity index (χ4n) is 2.77. The Bertz CT molecular complexity index is 816. The highest BCUT2D eigenvalue weighted by Gasteiger charge is 2.06. The first-order chi connectivity index (χ1) is 9.93. The van der Waals surface area contributed by atoms with E-state index >= 15 is 0 Å². The quantitative estimate of drug-likeness (QED) is 0.433. The Morgan fingerprint density at radius 1 is 0.500 bits per heavy atom. The van der Waals surface area contributed by atoms with Gasteiger partial charge in [-0.15, -0.1) is 0 Å². The molecule has 20 heavy (non-hydrogen) atoms. The van der Waals surface area contributed by atoms with E-state index in [-0.39, 0.29) is 0 Å². The fraction of sp³-hybridized carbons (Fsp3) is 0. The number of hydrogen-bond acceptors (Lipinski definition) is 0. The van der Waals surface area contributed by atoms with Crippen molar-refractivity contribution in [3.63, 3.8) is 0 Å². The Kier molecular flexibility index (Phi) is 2.53. The molecule has 0 heterocycles. The summed E-state index contributed by atoms with van der Waals surface area (Å²) in [6.45, 7) is 0. The van der Waals surface area contributed by atoms with Crippen LogP contribution in [-0.4, -0.2) is 0 Å². The van der Waals surface area contributed by atoms with Crippen LogP contribution in [0.15, 0.2) is 72.8 Å². The van der Waals surface area contributed by atoms with Crippen molar-refractivity contribution in [1.82, 2.24) is 0 Å². The first-order valence-electron chi connectivity index (χ1n) is 6.73. The Labute approximate surface area is 118 Å². The molecular weight excluding hydrogens is 240 g/mol. The van der Waals surface area contributed by atoms with Gasteiger partial charge in [0.1, 0.15) is 0 Å². The average Bonchev–Trinajstić information content (AvgIpc) is 2.54. The second-order valence-electron chi connectivity index (χ2n) is 4.87. The smallest absolute Gasteiger partial charge is 0.00987 e. The normalized spacial score (nSPS) is 11.0. The van der Waals surface area contributed by atoms with Gasteiger partial charge >= 0.3 is 0 Å². The number of fused-ring (bicyclic) bond motifs is 2. The SMILES string of the molecule is [c]1ccc(-c2cc[c]c3ccccc23)c2ccccc12. The zero-order valence-corrected chi connectivity index (χ0v) is 10.9. The van der Waals surface area contributed by atoms with E-state index in [1.54, 1.807) is 0 Å².